The summed E-state index contributed by atoms with van der Waals surface area (Å²) in [6.07, 6.45) is -1.18. The van der Waals surface area contributed by atoms with Crippen molar-refractivity contribution < 1.29 is 24.2 Å². The van der Waals surface area contributed by atoms with Gasteiger partial charge in [-0.05, 0) is 18.2 Å². The summed E-state index contributed by atoms with van der Waals surface area (Å²) in [5.41, 5.74) is 0.620. The van der Waals surface area contributed by atoms with Gasteiger partial charge in [-0.15, -0.1) is 11.8 Å². The summed E-state index contributed by atoms with van der Waals surface area (Å²) in [6.45, 7) is -0.157. The highest BCUT2D eigenvalue weighted by atomic mass is 35.5. The van der Waals surface area contributed by atoms with Gasteiger partial charge in [-0.1, -0.05) is 11.6 Å². The molecular weight excluding hydrogens is 344 g/mol. The molecule has 23 heavy (non-hydrogen) atoms. The second-order valence-electron chi connectivity index (χ2n) is 4.81. The van der Waals surface area contributed by atoms with Crippen LogP contribution in [0.25, 0.3) is 0 Å². The van der Waals surface area contributed by atoms with E-state index in [2.05, 4.69) is 10.6 Å². The Morgan fingerprint density at radius 1 is 1.52 bits per heavy atom. The Labute approximate surface area is 141 Å². The number of carboxylic acids is 1. The van der Waals surface area contributed by atoms with Gasteiger partial charge in [0.15, 0.2) is 6.10 Å². The molecule has 7 nitrogen and oxygen atoms in total. The Kier molecular flexibility index (Phi) is 5.86. The van der Waals surface area contributed by atoms with Crippen LogP contribution in [-0.2, 0) is 19.1 Å². The predicted octanol–water partition coefficient (Wildman–Crippen LogP) is 1.36. The number of carbonyl (C=O) groups excluding carboxylic acids is 2. The number of methoxy groups -OCH3 is 1. The molecule has 1 aliphatic heterocycles. The van der Waals surface area contributed by atoms with Gasteiger partial charge in [-0.25, -0.2) is 4.79 Å². The number of carbonyl (C=O) groups is 3. The van der Waals surface area contributed by atoms with Crippen molar-refractivity contribution in [2.75, 3.05) is 19.0 Å². The molecule has 1 aromatic rings. The Balaban J connectivity index is 1.93. The maximum atomic E-state index is 12.0. The van der Waals surface area contributed by atoms with E-state index in [1.165, 1.54) is 18.9 Å². The lowest BCUT2D eigenvalue weighted by Crippen LogP contribution is -2.40. The summed E-state index contributed by atoms with van der Waals surface area (Å²) in [5.74, 6) is -1.87. The quantitative estimate of drug-likeness (QED) is 0.709. The first-order chi connectivity index (χ1) is 10.9. The van der Waals surface area contributed by atoms with E-state index < -0.39 is 23.2 Å². The summed E-state index contributed by atoms with van der Waals surface area (Å²) in [5, 5.41) is 13.9. The molecule has 0 aromatic heterocycles. The molecule has 0 saturated carbocycles. The number of fused-ring (bicyclic) bond motifs is 1. The molecule has 0 fully saturated rings. The van der Waals surface area contributed by atoms with Gasteiger partial charge in [-0.3, -0.25) is 9.59 Å². The molecule has 124 valence electrons. The molecule has 0 spiro atoms. The van der Waals surface area contributed by atoms with Crippen molar-refractivity contribution in [2.45, 2.75) is 22.7 Å². The predicted molar refractivity (Wildman–Crippen MR) is 85.8 cm³/mol. The first kappa shape index (κ1) is 17.6. The Morgan fingerprint density at radius 3 is 2.91 bits per heavy atom. The lowest BCUT2D eigenvalue weighted by atomic mass is 10.2. The maximum Gasteiger partial charge on any atom is 0.334 e. The van der Waals surface area contributed by atoms with Crippen molar-refractivity contribution in [1.29, 1.82) is 0 Å². The number of halogens is 1. The molecule has 1 heterocycles. The number of amides is 2. The van der Waals surface area contributed by atoms with Crippen LogP contribution < -0.4 is 10.6 Å². The van der Waals surface area contributed by atoms with Gasteiger partial charge in [0.1, 0.15) is 0 Å². The number of nitrogens with one attached hydrogen (secondary N) is 2. The number of ether oxygens (including phenoxy) is 1. The zero-order valence-corrected chi connectivity index (χ0v) is 13.7. The van der Waals surface area contributed by atoms with E-state index in [1.807, 2.05) is 0 Å². The van der Waals surface area contributed by atoms with E-state index in [0.717, 1.165) is 4.90 Å². The van der Waals surface area contributed by atoms with E-state index in [0.29, 0.717) is 10.7 Å². The number of hydrogen-bond acceptors (Lipinski definition) is 5. The average Bonchev–Trinajstić information content (AvgIpc) is 2.48. The maximum absolute atomic E-state index is 12.0. The number of anilines is 1. The van der Waals surface area contributed by atoms with Crippen LogP contribution in [0.3, 0.4) is 0 Å². The van der Waals surface area contributed by atoms with Crippen molar-refractivity contribution in [1.82, 2.24) is 5.32 Å². The van der Waals surface area contributed by atoms with Crippen LogP contribution in [-0.4, -0.2) is 47.9 Å². The smallest absolute Gasteiger partial charge is 0.334 e. The molecule has 2 rings (SSSR count). The van der Waals surface area contributed by atoms with Crippen molar-refractivity contribution in [3.63, 3.8) is 0 Å². The van der Waals surface area contributed by atoms with E-state index in [1.54, 1.807) is 18.2 Å². The fourth-order valence-electron chi connectivity index (χ4n) is 1.98. The SMILES string of the molecule is COC(CNC(=O)CC1Sc2ccc(Cl)cc2NC1=O)C(=O)O. The van der Waals surface area contributed by atoms with E-state index in [4.69, 9.17) is 21.4 Å². The van der Waals surface area contributed by atoms with Gasteiger partial charge >= 0.3 is 5.97 Å². The lowest BCUT2D eigenvalue weighted by Gasteiger charge is -2.24. The van der Waals surface area contributed by atoms with Gasteiger partial charge in [0.25, 0.3) is 0 Å². The number of carboxylic acid groups (broad SMARTS) is 1. The van der Waals surface area contributed by atoms with Crippen LogP contribution in [0.5, 0.6) is 0 Å². The minimum Gasteiger partial charge on any atom is -0.479 e. The highest BCUT2D eigenvalue weighted by molar-refractivity contribution is 8.01. The van der Waals surface area contributed by atoms with Crippen molar-refractivity contribution >= 4 is 46.8 Å². The molecule has 0 aliphatic carbocycles. The van der Waals surface area contributed by atoms with Crippen LogP contribution in [0.1, 0.15) is 6.42 Å². The summed E-state index contributed by atoms with van der Waals surface area (Å²) >= 11 is 7.14. The topological polar surface area (TPSA) is 105 Å². The van der Waals surface area contributed by atoms with Gasteiger partial charge in [0.05, 0.1) is 17.5 Å². The fraction of sp³-hybridized carbons (Fsp3) is 0.357. The highest BCUT2D eigenvalue weighted by Gasteiger charge is 2.29. The van der Waals surface area contributed by atoms with Gasteiger partial charge in [0.2, 0.25) is 11.8 Å². The number of aliphatic carboxylic acids is 1. The molecular formula is C14H15ClN2O5S. The van der Waals surface area contributed by atoms with Crippen molar-refractivity contribution in [3.05, 3.63) is 23.2 Å². The Bertz CT molecular complexity index is 640. The largest absolute Gasteiger partial charge is 0.479 e. The standard InChI is InChI=1S/C14H15ClN2O5S/c1-22-9(14(20)21)6-16-12(18)5-11-13(19)17-8-4-7(15)2-3-10(8)23-11/h2-4,9,11H,5-6H2,1H3,(H,16,18)(H,17,19)(H,20,21). The zero-order chi connectivity index (χ0) is 17.0. The summed E-state index contributed by atoms with van der Waals surface area (Å²) in [4.78, 5) is 35.5. The Hall–Kier alpha value is -1.77. The van der Waals surface area contributed by atoms with Crippen molar-refractivity contribution in [2.24, 2.45) is 0 Å². The highest BCUT2D eigenvalue weighted by Crippen LogP contribution is 2.38. The third-order valence-corrected chi connectivity index (χ3v) is 4.69. The number of benzene rings is 1. The van der Waals surface area contributed by atoms with E-state index >= 15 is 0 Å². The molecule has 2 unspecified atom stereocenters. The molecule has 1 aliphatic rings. The summed E-state index contributed by atoms with van der Waals surface area (Å²) < 4.78 is 4.72. The zero-order valence-electron chi connectivity index (χ0n) is 12.2. The molecule has 0 radical (unpaired) electrons. The second kappa shape index (κ2) is 7.67. The number of thioether (sulfide) groups is 1. The van der Waals surface area contributed by atoms with Crippen LogP contribution >= 0.6 is 23.4 Å². The first-order valence-electron chi connectivity index (χ1n) is 6.70. The molecule has 1 aromatic carbocycles. The third-order valence-electron chi connectivity index (χ3n) is 3.18. The molecule has 0 saturated heterocycles. The molecule has 3 N–H and O–H groups in total. The van der Waals surface area contributed by atoms with Gasteiger partial charge in [0, 0.05) is 23.4 Å². The number of hydrogen-bond donors (Lipinski definition) is 3. The van der Waals surface area contributed by atoms with Crippen LogP contribution in [0, 0.1) is 0 Å². The molecule has 2 atom stereocenters. The van der Waals surface area contributed by atoms with Crippen molar-refractivity contribution in [3.8, 4) is 0 Å². The van der Waals surface area contributed by atoms with Crippen LogP contribution in [0.15, 0.2) is 23.1 Å². The monoisotopic (exact) mass is 358 g/mol. The van der Waals surface area contributed by atoms with Gasteiger partial charge < -0.3 is 20.5 Å². The fourth-order valence-corrected chi connectivity index (χ4v) is 3.24. The first-order valence-corrected chi connectivity index (χ1v) is 7.96. The molecule has 2 amide bonds. The van der Waals surface area contributed by atoms with Crippen LogP contribution in [0.2, 0.25) is 5.02 Å². The van der Waals surface area contributed by atoms with Gasteiger partial charge in [-0.2, -0.15) is 0 Å². The normalized spacial score (nSPS) is 17.8. The van der Waals surface area contributed by atoms with Crippen LogP contribution in [0.4, 0.5) is 5.69 Å². The lowest BCUT2D eigenvalue weighted by molar-refractivity contribution is -0.148. The Morgan fingerprint density at radius 2 is 2.26 bits per heavy atom. The average molecular weight is 359 g/mol. The summed E-state index contributed by atoms with van der Waals surface area (Å²) in [7, 11) is 1.25. The van der Waals surface area contributed by atoms with E-state index in [-0.39, 0.29) is 18.9 Å². The summed E-state index contributed by atoms with van der Waals surface area (Å²) in [6, 6.07) is 5.13. The minimum absolute atomic E-state index is 0.0609. The molecule has 0 bridgehead atoms. The third kappa shape index (κ3) is 4.60. The number of rotatable bonds is 6. The van der Waals surface area contributed by atoms with E-state index in [9.17, 15) is 14.4 Å². The minimum atomic E-state index is -1.16. The second-order valence-corrected chi connectivity index (χ2v) is 6.49. The molecule has 9 heteroatoms.